The number of carbonyl (C=O) groups is 1. The van der Waals surface area contributed by atoms with Crippen LogP contribution in [0.4, 0.5) is 0 Å². The van der Waals surface area contributed by atoms with Gasteiger partial charge in [0.05, 0.1) is 0 Å². The van der Waals surface area contributed by atoms with Crippen molar-refractivity contribution in [1.82, 2.24) is 5.32 Å². The summed E-state index contributed by atoms with van der Waals surface area (Å²) in [5, 5.41) is 2.93. The van der Waals surface area contributed by atoms with Gasteiger partial charge in [-0.25, -0.2) is 0 Å². The van der Waals surface area contributed by atoms with Crippen LogP contribution in [-0.4, -0.2) is 31.4 Å². The topological polar surface area (TPSA) is 47.6 Å². The summed E-state index contributed by atoms with van der Waals surface area (Å²) >= 11 is 1.73. The average molecular weight is 329 g/mol. The monoisotopic (exact) mass is 329 g/mol. The Morgan fingerprint density at radius 3 is 2.61 bits per heavy atom. The first kappa shape index (κ1) is 15.7. The fraction of sp³-hybridized carbons (Fsp3) is 0.278. The van der Waals surface area contributed by atoms with E-state index in [1.54, 1.807) is 30.0 Å². The number of hydrogen-bond donors (Lipinski definition) is 1. The minimum atomic E-state index is -0.0912. The lowest BCUT2D eigenvalue weighted by Gasteiger charge is -2.18. The van der Waals surface area contributed by atoms with Crippen molar-refractivity contribution in [1.29, 1.82) is 0 Å². The molecule has 0 aliphatic carbocycles. The zero-order valence-corrected chi connectivity index (χ0v) is 13.8. The molecule has 0 saturated carbocycles. The van der Waals surface area contributed by atoms with Crippen LogP contribution in [0, 0.1) is 6.92 Å². The van der Waals surface area contributed by atoms with Gasteiger partial charge in [-0.1, -0.05) is 17.7 Å². The van der Waals surface area contributed by atoms with Crippen molar-refractivity contribution < 1.29 is 14.3 Å². The molecule has 0 bridgehead atoms. The van der Waals surface area contributed by atoms with Gasteiger partial charge >= 0.3 is 0 Å². The Kier molecular flexibility index (Phi) is 5.08. The quantitative estimate of drug-likeness (QED) is 0.675. The first-order valence-corrected chi connectivity index (χ1v) is 8.58. The normalized spacial score (nSPS) is 12.7. The Labute approximate surface area is 140 Å². The van der Waals surface area contributed by atoms with E-state index in [9.17, 15) is 4.79 Å². The summed E-state index contributed by atoms with van der Waals surface area (Å²) < 4.78 is 11.0. The number of fused-ring (bicyclic) bond motifs is 1. The zero-order valence-electron chi connectivity index (χ0n) is 13.0. The predicted octanol–water partition coefficient (Wildman–Crippen LogP) is 3.29. The van der Waals surface area contributed by atoms with Crippen molar-refractivity contribution in [2.75, 3.05) is 25.5 Å². The highest BCUT2D eigenvalue weighted by Crippen LogP contribution is 2.30. The molecule has 1 amide bonds. The van der Waals surface area contributed by atoms with Gasteiger partial charge in [-0.2, -0.15) is 0 Å². The third-order valence-corrected chi connectivity index (χ3v) is 4.50. The van der Waals surface area contributed by atoms with Gasteiger partial charge in [0.2, 0.25) is 0 Å². The number of thioether (sulfide) groups is 1. The molecule has 1 heterocycles. The van der Waals surface area contributed by atoms with E-state index in [0.29, 0.717) is 36.8 Å². The van der Waals surface area contributed by atoms with Gasteiger partial charge in [-0.05, 0) is 37.3 Å². The second-order valence-electron chi connectivity index (χ2n) is 5.28. The molecule has 3 rings (SSSR count). The molecule has 0 fully saturated rings. The van der Waals surface area contributed by atoms with Crippen molar-refractivity contribution in [3.63, 3.8) is 0 Å². The zero-order chi connectivity index (χ0) is 16.1. The maximum Gasteiger partial charge on any atom is 0.251 e. The number of ether oxygens (including phenoxy) is 2. The van der Waals surface area contributed by atoms with Gasteiger partial charge in [0.25, 0.3) is 5.91 Å². The molecule has 0 aromatic heterocycles. The lowest BCUT2D eigenvalue weighted by atomic mass is 10.2. The summed E-state index contributed by atoms with van der Waals surface area (Å²) in [6.07, 6.45) is 0. The van der Waals surface area contributed by atoms with Crippen molar-refractivity contribution in [2.24, 2.45) is 0 Å². The molecule has 2 aromatic carbocycles. The Morgan fingerprint density at radius 1 is 1.09 bits per heavy atom. The van der Waals surface area contributed by atoms with E-state index in [0.717, 1.165) is 5.75 Å². The molecule has 4 nitrogen and oxygen atoms in total. The van der Waals surface area contributed by atoms with Crippen LogP contribution in [-0.2, 0) is 0 Å². The summed E-state index contributed by atoms with van der Waals surface area (Å²) in [4.78, 5) is 13.4. The summed E-state index contributed by atoms with van der Waals surface area (Å²) in [7, 11) is 0. The highest BCUT2D eigenvalue weighted by Gasteiger charge is 2.14. The fourth-order valence-electron chi connectivity index (χ4n) is 2.25. The SMILES string of the molecule is Cc1ccc(SCCNC(=O)c2ccc3c(c2)OCCO3)cc1. The fourth-order valence-corrected chi connectivity index (χ4v) is 3.02. The number of amides is 1. The Bertz CT molecular complexity index is 685. The predicted molar refractivity (Wildman–Crippen MR) is 91.7 cm³/mol. The van der Waals surface area contributed by atoms with Gasteiger partial charge < -0.3 is 14.8 Å². The minimum absolute atomic E-state index is 0.0912. The van der Waals surface area contributed by atoms with Crippen LogP contribution in [0.2, 0.25) is 0 Å². The molecular formula is C18H19NO3S. The first-order chi connectivity index (χ1) is 11.2. The van der Waals surface area contributed by atoms with Crippen LogP contribution in [0.5, 0.6) is 11.5 Å². The molecule has 1 aliphatic heterocycles. The average Bonchev–Trinajstić information content (AvgIpc) is 2.59. The molecule has 0 atom stereocenters. The van der Waals surface area contributed by atoms with E-state index in [4.69, 9.17) is 9.47 Å². The lowest BCUT2D eigenvalue weighted by molar-refractivity contribution is 0.0955. The molecular weight excluding hydrogens is 310 g/mol. The largest absolute Gasteiger partial charge is 0.486 e. The minimum Gasteiger partial charge on any atom is -0.486 e. The highest BCUT2D eigenvalue weighted by atomic mass is 32.2. The summed E-state index contributed by atoms with van der Waals surface area (Å²) in [6, 6.07) is 13.7. The molecule has 1 aliphatic rings. The summed E-state index contributed by atoms with van der Waals surface area (Å²) in [5.74, 6) is 2.08. The van der Waals surface area contributed by atoms with E-state index < -0.39 is 0 Å². The van der Waals surface area contributed by atoms with Gasteiger partial charge in [0.15, 0.2) is 11.5 Å². The molecule has 0 spiro atoms. The maximum absolute atomic E-state index is 12.2. The number of hydrogen-bond acceptors (Lipinski definition) is 4. The molecule has 0 unspecified atom stereocenters. The molecule has 5 heteroatoms. The lowest BCUT2D eigenvalue weighted by Crippen LogP contribution is -2.26. The third-order valence-electron chi connectivity index (χ3n) is 3.48. The second kappa shape index (κ2) is 7.42. The number of nitrogens with one attached hydrogen (secondary N) is 1. The van der Waals surface area contributed by atoms with Crippen LogP contribution in [0.3, 0.4) is 0 Å². The molecule has 1 N–H and O–H groups in total. The number of rotatable bonds is 5. The summed E-state index contributed by atoms with van der Waals surface area (Å²) in [6.45, 7) is 3.76. The Hall–Kier alpha value is -2.14. The third kappa shape index (κ3) is 4.20. The van der Waals surface area contributed by atoms with Crippen molar-refractivity contribution >= 4 is 17.7 Å². The standard InChI is InChI=1S/C18H19NO3S/c1-13-2-5-15(6-3-13)23-11-8-19-18(20)14-4-7-16-17(12-14)22-10-9-21-16/h2-7,12H,8-11H2,1H3,(H,19,20). The number of aryl methyl sites for hydroxylation is 1. The number of benzene rings is 2. The van der Waals surface area contributed by atoms with Gasteiger partial charge in [-0.3, -0.25) is 4.79 Å². The second-order valence-corrected chi connectivity index (χ2v) is 6.44. The van der Waals surface area contributed by atoms with Crippen LogP contribution in [0.15, 0.2) is 47.4 Å². The molecule has 23 heavy (non-hydrogen) atoms. The Morgan fingerprint density at radius 2 is 1.83 bits per heavy atom. The maximum atomic E-state index is 12.2. The summed E-state index contributed by atoms with van der Waals surface area (Å²) in [5.41, 5.74) is 1.84. The van der Waals surface area contributed by atoms with E-state index in [2.05, 4.69) is 36.5 Å². The smallest absolute Gasteiger partial charge is 0.251 e. The molecule has 2 aromatic rings. The first-order valence-electron chi connectivity index (χ1n) is 7.60. The van der Waals surface area contributed by atoms with E-state index in [-0.39, 0.29) is 5.91 Å². The van der Waals surface area contributed by atoms with Gasteiger partial charge in [0, 0.05) is 22.8 Å². The van der Waals surface area contributed by atoms with Crippen LogP contribution >= 0.6 is 11.8 Å². The Balaban J connectivity index is 1.48. The van der Waals surface area contributed by atoms with Crippen LogP contribution < -0.4 is 14.8 Å². The molecule has 120 valence electrons. The van der Waals surface area contributed by atoms with Gasteiger partial charge in [-0.15, -0.1) is 11.8 Å². The van der Waals surface area contributed by atoms with Crippen molar-refractivity contribution in [3.8, 4) is 11.5 Å². The van der Waals surface area contributed by atoms with Crippen molar-refractivity contribution in [3.05, 3.63) is 53.6 Å². The van der Waals surface area contributed by atoms with Crippen LogP contribution in [0.25, 0.3) is 0 Å². The molecule has 0 radical (unpaired) electrons. The van der Waals surface area contributed by atoms with E-state index >= 15 is 0 Å². The van der Waals surface area contributed by atoms with E-state index in [1.807, 2.05) is 0 Å². The highest BCUT2D eigenvalue weighted by molar-refractivity contribution is 7.99. The van der Waals surface area contributed by atoms with Crippen LogP contribution in [0.1, 0.15) is 15.9 Å². The van der Waals surface area contributed by atoms with Gasteiger partial charge in [0.1, 0.15) is 13.2 Å². The van der Waals surface area contributed by atoms with E-state index in [1.165, 1.54) is 10.5 Å². The number of carbonyl (C=O) groups excluding carboxylic acids is 1. The molecule has 0 saturated heterocycles. The van der Waals surface area contributed by atoms with Crippen molar-refractivity contribution in [2.45, 2.75) is 11.8 Å².